The Bertz CT molecular complexity index is 269. The zero-order valence-corrected chi connectivity index (χ0v) is 6.67. The highest BCUT2D eigenvalue weighted by Gasteiger charge is 2.20. The number of hydrogen-bond donors (Lipinski definition) is 1. The van der Waals surface area contributed by atoms with E-state index in [-0.39, 0.29) is 10.7 Å². The van der Waals surface area contributed by atoms with Crippen LogP contribution in [0.5, 0.6) is 0 Å². The van der Waals surface area contributed by atoms with Crippen LogP contribution < -0.4 is 0 Å². The Balaban J connectivity index is 2.88. The van der Waals surface area contributed by atoms with Crippen molar-refractivity contribution in [3.8, 4) is 0 Å². The fraction of sp³-hybridized carbons (Fsp3) is 0.286. The van der Waals surface area contributed by atoms with Crippen LogP contribution in [0.1, 0.15) is 11.8 Å². The Morgan fingerprint density at radius 1 is 1.50 bits per heavy atom. The maximum atomic E-state index is 11.9. The molecule has 1 aromatic heterocycles. The molecule has 0 aromatic carbocycles. The van der Waals surface area contributed by atoms with Crippen LogP contribution in [0.4, 0.5) is 8.78 Å². The first kappa shape index (κ1) is 9.35. The number of hydrogen-bond acceptors (Lipinski definition) is 2. The molecule has 1 aromatic rings. The fourth-order valence-electron chi connectivity index (χ4n) is 0.712. The van der Waals surface area contributed by atoms with Gasteiger partial charge < -0.3 is 5.11 Å². The van der Waals surface area contributed by atoms with E-state index in [1.54, 1.807) is 0 Å². The minimum absolute atomic E-state index is 0.113. The Hall–Kier alpha value is -0.740. The van der Waals surface area contributed by atoms with E-state index in [4.69, 9.17) is 16.7 Å². The Morgan fingerprint density at radius 3 is 2.67 bits per heavy atom. The van der Waals surface area contributed by atoms with Gasteiger partial charge in [0.25, 0.3) is 6.43 Å². The van der Waals surface area contributed by atoms with E-state index in [0.29, 0.717) is 0 Å². The molecule has 12 heavy (non-hydrogen) atoms. The fourth-order valence-corrected chi connectivity index (χ4v) is 0.880. The number of aliphatic hydroxyl groups is 1. The van der Waals surface area contributed by atoms with Crippen molar-refractivity contribution in [1.29, 1.82) is 0 Å². The van der Waals surface area contributed by atoms with Gasteiger partial charge in [0.1, 0.15) is 0 Å². The predicted molar refractivity (Wildman–Crippen MR) is 40.2 cm³/mol. The molecule has 66 valence electrons. The van der Waals surface area contributed by atoms with Gasteiger partial charge in [-0.2, -0.15) is 0 Å². The van der Waals surface area contributed by atoms with Crippen LogP contribution in [-0.2, 0) is 0 Å². The van der Waals surface area contributed by atoms with E-state index >= 15 is 0 Å². The topological polar surface area (TPSA) is 33.1 Å². The summed E-state index contributed by atoms with van der Waals surface area (Å²) in [5.41, 5.74) is -0.113. The molecule has 0 aliphatic rings. The summed E-state index contributed by atoms with van der Waals surface area (Å²) in [5.74, 6) is 0. The smallest absolute Gasteiger partial charge is 0.269 e. The number of aliphatic hydroxyl groups excluding tert-OH is 1. The van der Waals surface area contributed by atoms with Gasteiger partial charge in [-0.15, -0.1) is 0 Å². The van der Waals surface area contributed by atoms with E-state index in [1.807, 2.05) is 0 Å². The molecule has 0 saturated heterocycles. The highest BCUT2D eigenvalue weighted by Crippen LogP contribution is 2.20. The van der Waals surface area contributed by atoms with Crippen molar-refractivity contribution in [2.45, 2.75) is 12.5 Å². The number of pyridine rings is 1. The van der Waals surface area contributed by atoms with Gasteiger partial charge in [-0.3, -0.25) is 4.98 Å². The van der Waals surface area contributed by atoms with Crippen molar-refractivity contribution in [3.63, 3.8) is 0 Å². The van der Waals surface area contributed by atoms with Crippen molar-refractivity contribution < 1.29 is 13.9 Å². The van der Waals surface area contributed by atoms with Crippen LogP contribution in [-0.4, -0.2) is 16.5 Å². The van der Waals surface area contributed by atoms with Crippen LogP contribution in [0.25, 0.3) is 0 Å². The first-order valence-electron chi connectivity index (χ1n) is 3.19. The molecule has 0 aliphatic heterocycles. The number of nitrogens with zero attached hydrogens (tertiary/aromatic N) is 1. The second-order valence-corrected chi connectivity index (χ2v) is 2.61. The number of alkyl halides is 2. The second kappa shape index (κ2) is 3.78. The summed E-state index contributed by atoms with van der Waals surface area (Å²) in [6.45, 7) is 0. The van der Waals surface area contributed by atoms with E-state index in [9.17, 15) is 8.78 Å². The van der Waals surface area contributed by atoms with Gasteiger partial charge in [0.05, 0.1) is 5.69 Å². The third kappa shape index (κ3) is 2.12. The molecule has 0 saturated carbocycles. The van der Waals surface area contributed by atoms with Crippen LogP contribution in [0.15, 0.2) is 18.3 Å². The van der Waals surface area contributed by atoms with E-state index in [2.05, 4.69) is 4.98 Å². The molecule has 0 spiro atoms. The maximum Gasteiger partial charge on any atom is 0.269 e. The molecule has 0 aliphatic carbocycles. The minimum Gasteiger partial charge on any atom is -0.381 e. The average Bonchev–Trinajstić information content (AvgIpc) is 2.03. The highest BCUT2D eigenvalue weighted by molar-refractivity contribution is 6.30. The van der Waals surface area contributed by atoms with Crippen LogP contribution in [0.2, 0.25) is 5.02 Å². The zero-order valence-electron chi connectivity index (χ0n) is 5.92. The Morgan fingerprint density at radius 2 is 2.17 bits per heavy atom. The molecular formula is C7H6ClF2NO. The summed E-state index contributed by atoms with van der Waals surface area (Å²) < 4.78 is 23.8. The summed E-state index contributed by atoms with van der Waals surface area (Å²) in [6, 6.07) is 2.65. The Kier molecular flexibility index (Phi) is 2.94. The van der Waals surface area contributed by atoms with E-state index in [1.165, 1.54) is 18.3 Å². The molecule has 1 heterocycles. The molecule has 5 heteroatoms. The number of halogens is 3. The molecule has 1 N–H and O–H groups in total. The highest BCUT2D eigenvalue weighted by atomic mass is 35.5. The van der Waals surface area contributed by atoms with Crippen molar-refractivity contribution in [2.24, 2.45) is 0 Å². The average molecular weight is 194 g/mol. The summed E-state index contributed by atoms with van der Waals surface area (Å²) in [7, 11) is 0. The van der Waals surface area contributed by atoms with E-state index in [0.717, 1.165) is 0 Å². The van der Waals surface area contributed by atoms with Crippen LogP contribution in [0.3, 0.4) is 0 Å². The SMILES string of the molecule is OC(c1cc(Cl)ccn1)C(F)F. The van der Waals surface area contributed by atoms with Gasteiger partial charge in [-0.1, -0.05) is 11.6 Å². The monoisotopic (exact) mass is 193 g/mol. The van der Waals surface area contributed by atoms with Gasteiger partial charge in [0, 0.05) is 11.2 Å². The molecule has 0 fully saturated rings. The van der Waals surface area contributed by atoms with Crippen molar-refractivity contribution in [3.05, 3.63) is 29.0 Å². The Labute approximate surface area is 72.8 Å². The van der Waals surface area contributed by atoms with Gasteiger partial charge >= 0.3 is 0 Å². The van der Waals surface area contributed by atoms with Crippen LogP contribution in [0, 0.1) is 0 Å². The lowest BCUT2D eigenvalue weighted by Gasteiger charge is -2.07. The van der Waals surface area contributed by atoms with Gasteiger partial charge in [-0.05, 0) is 12.1 Å². The minimum atomic E-state index is -2.84. The third-order valence-corrected chi connectivity index (χ3v) is 1.52. The molecule has 2 nitrogen and oxygen atoms in total. The summed E-state index contributed by atoms with van der Waals surface area (Å²) >= 11 is 5.50. The maximum absolute atomic E-state index is 11.9. The molecule has 1 rings (SSSR count). The third-order valence-electron chi connectivity index (χ3n) is 1.28. The quantitative estimate of drug-likeness (QED) is 0.780. The zero-order chi connectivity index (χ0) is 9.14. The normalized spacial score (nSPS) is 13.4. The summed E-state index contributed by atoms with van der Waals surface area (Å²) in [6.07, 6.45) is -3.43. The lowest BCUT2D eigenvalue weighted by Crippen LogP contribution is -2.09. The molecule has 1 atom stereocenters. The number of aromatic nitrogens is 1. The van der Waals surface area contributed by atoms with Gasteiger partial charge in [-0.25, -0.2) is 8.78 Å². The number of rotatable bonds is 2. The van der Waals surface area contributed by atoms with Gasteiger partial charge in [0.15, 0.2) is 6.10 Å². The first-order chi connectivity index (χ1) is 5.61. The molecule has 0 radical (unpaired) electrons. The first-order valence-corrected chi connectivity index (χ1v) is 3.56. The lowest BCUT2D eigenvalue weighted by atomic mass is 10.2. The summed E-state index contributed by atoms with van der Waals surface area (Å²) in [4.78, 5) is 3.55. The molecule has 0 bridgehead atoms. The predicted octanol–water partition coefficient (Wildman–Crippen LogP) is 2.03. The van der Waals surface area contributed by atoms with Gasteiger partial charge in [0.2, 0.25) is 0 Å². The van der Waals surface area contributed by atoms with Crippen LogP contribution >= 0.6 is 11.6 Å². The molecule has 0 amide bonds. The summed E-state index contributed by atoms with van der Waals surface area (Å²) in [5, 5.41) is 9.13. The van der Waals surface area contributed by atoms with E-state index < -0.39 is 12.5 Å². The molecular weight excluding hydrogens is 188 g/mol. The standard InChI is InChI=1S/C7H6ClF2NO/c8-4-1-2-11-5(3-4)6(12)7(9)10/h1-3,6-7,12H. The second-order valence-electron chi connectivity index (χ2n) is 2.18. The molecule has 1 unspecified atom stereocenters. The lowest BCUT2D eigenvalue weighted by molar-refractivity contribution is -0.00819. The van der Waals surface area contributed by atoms with Crippen molar-refractivity contribution in [2.75, 3.05) is 0 Å². The van der Waals surface area contributed by atoms with Crippen molar-refractivity contribution in [1.82, 2.24) is 4.98 Å². The largest absolute Gasteiger partial charge is 0.381 e. The van der Waals surface area contributed by atoms with Crippen molar-refractivity contribution >= 4 is 11.6 Å².